The number of benzene rings is 1. The van der Waals surface area contributed by atoms with Crippen LogP contribution in [0.3, 0.4) is 0 Å². The van der Waals surface area contributed by atoms with Crippen molar-refractivity contribution in [1.82, 2.24) is 20.0 Å². The molecule has 9 nitrogen and oxygen atoms in total. The second-order valence-electron chi connectivity index (χ2n) is 6.66. The van der Waals surface area contributed by atoms with E-state index in [1.54, 1.807) is 5.38 Å². The molecule has 0 saturated carbocycles. The third-order valence-corrected chi connectivity index (χ3v) is 7.62. The molecule has 3 aromatic rings. The zero-order valence-electron chi connectivity index (χ0n) is 15.4. The number of hydrogen-bond donors (Lipinski definition) is 4. The van der Waals surface area contributed by atoms with Crippen molar-refractivity contribution >= 4 is 55.0 Å². The van der Waals surface area contributed by atoms with Gasteiger partial charge in [-0.1, -0.05) is 28.3 Å². The van der Waals surface area contributed by atoms with Crippen LogP contribution in [0.25, 0.3) is 11.4 Å². The van der Waals surface area contributed by atoms with Gasteiger partial charge in [-0.15, -0.1) is 5.10 Å². The summed E-state index contributed by atoms with van der Waals surface area (Å²) in [5.74, 6) is -0.461. The van der Waals surface area contributed by atoms with Crippen molar-refractivity contribution < 1.29 is 24.4 Å². The Balaban J connectivity index is 1.63. The number of aliphatic hydroxyl groups excluding tert-OH is 3. The Kier molecular flexibility index (Phi) is 6.98. The van der Waals surface area contributed by atoms with E-state index in [1.807, 2.05) is 0 Å². The van der Waals surface area contributed by atoms with E-state index in [0.29, 0.717) is 16.3 Å². The highest BCUT2D eigenvalue weighted by atomic mass is 79.9. The maximum atomic E-state index is 13.9. The van der Waals surface area contributed by atoms with Gasteiger partial charge in [-0.05, 0) is 44.0 Å². The zero-order valence-corrected chi connectivity index (χ0v) is 20.2. The van der Waals surface area contributed by atoms with E-state index in [9.17, 15) is 24.5 Å². The average Bonchev–Trinajstić information content (AvgIpc) is 3.37. The summed E-state index contributed by atoms with van der Waals surface area (Å²) >= 11 is 8.36. The zero-order chi connectivity index (χ0) is 22.3. The van der Waals surface area contributed by atoms with Gasteiger partial charge in [0, 0.05) is 10.3 Å². The fourth-order valence-corrected chi connectivity index (χ4v) is 6.37. The molecule has 1 saturated heterocycles. The minimum absolute atomic E-state index is 0.232. The fraction of sp³-hybridized carbons (Fsp3) is 0.353. The lowest BCUT2D eigenvalue weighted by atomic mass is 9.97. The summed E-state index contributed by atoms with van der Waals surface area (Å²) in [6, 6.07) is 2.09. The molecular weight excluding hydrogens is 583 g/mol. The lowest BCUT2D eigenvalue weighted by molar-refractivity contribution is -0.178. The van der Waals surface area contributed by atoms with Crippen LogP contribution in [0.15, 0.2) is 42.3 Å². The summed E-state index contributed by atoms with van der Waals surface area (Å²) in [5, 5.41) is 40.9. The van der Waals surface area contributed by atoms with Gasteiger partial charge in [0.15, 0.2) is 5.82 Å². The summed E-state index contributed by atoms with van der Waals surface area (Å²) < 4.78 is 21.3. The standard InChI is InChI=1S/C17H15Br2FN4O5S2/c18-7-1-6(2-8(19)12(7)20)31-16-15(27)13(14(26)11(4-25)29-16)24-3-9(22-23-24)10-5-30-17(28)21-10/h1-3,5,11,13-16,25-27H,4H2,(H,21,28)/t11-,13+,14+,15-,16-/m1/s1. The number of hydrogen-bond acceptors (Lipinski definition) is 9. The molecule has 0 amide bonds. The molecule has 0 unspecified atom stereocenters. The van der Waals surface area contributed by atoms with Crippen molar-refractivity contribution in [3.63, 3.8) is 0 Å². The number of ether oxygens (including phenoxy) is 1. The Morgan fingerprint density at radius 1 is 1.29 bits per heavy atom. The first-order valence-corrected chi connectivity index (χ1v) is 12.2. The number of aromatic nitrogens is 4. The molecule has 1 aliphatic rings. The Morgan fingerprint density at radius 3 is 2.61 bits per heavy atom. The van der Waals surface area contributed by atoms with Crippen molar-refractivity contribution in [2.75, 3.05) is 6.61 Å². The molecule has 1 fully saturated rings. The fourth-order valence-electron chi connectivity index (χ4n) is 3.16. The molecule has 14 heteroatoms. The number of nitrogens with zero attached hydrogens (tertiary/aromatic N) is 3. The minimum atomic E-state index is -1.28. The lowest BCUT2D eigenvalue weighted by Gasteiger charge is -2.41. The van der Waals surface area contributed by atoms with Crippen LogP contribution in [-0.2, 0) is 4.74 Å². The van der Waals surface area contributed by atoms with Crippen molar-refractivity contribution in [3.8, 4) is 11.4 Å². The molecule has 0 radical (unpaired) electrons. The van der Waals surface area contributed by atoms with Crippen molar-refractivity contribution in [2.45, 2.75) is 34.7 Å². The number of rotatable bonds is 5. The average molecular weight is 598 g/mol. The van der Waals surface area contributed by atoms with Crippen LogP contribution in [0.5, 0.6) is 0 Å². The van der Waals surface area contributed by atoms with Crippen LogP contribution in [0.2, 0.25) is 0 Å². The van der Waals surface area contributed by atoms with Crippen LogP contribution < -0.4 is 4.87 Å². The number of nitrogens with one attached hydrogen (secondary N) is 1. The van der Waals surface area contributed by atoms with E-state index in [-0.39, 0.29) is 13.8 Å². The van der Waals surface area contributed by atoms with E-state index in [4.69, 9.17) is 4.74 Å². The number of halogens is 3. The summed E-state index contributed by atoms with van der Waals surface area (Å²) in [4.78, 5) is 14.4. The molecule has 2 aromatic heterocycles. The van der Waals surface area contributed by atoms with E-state index in [1.165, 1.54) is 23.0 Å². The molecule has 166 valence electrons. The smallest absolute Gasteiger partial charge is 0.304 e. The highest BCUT2D eigenvalue weighted by molar-refractivity contribution is 9.11. The van der Waals surface area contributed by atoms with Gasteiger partial charge >= 0.3 is 4.87 Å². The normalized spacial score (nSPS) is 26.3. The van der Waals surface area contributed by atoms with E-state index in [2.05, 4.69) is 47.2 Å². The van der Waals surface area contributed by atoms with Crippen LogP contribution in [0.4, 0.5) is 4.39 Å². The Morgan fingerprint density at radius 2 is 2.00 bits per heavy atom. The number of aliphatic hydroxyl groups is 3. The first-order valence-electron chi connectivity index (χ1n) is 8.82. The van der Waals surface area contributed by atoms with Crippen molar-refractivity contribution in [1.29, 1.82) is 0 Å². The molecule has 0 bridgehead atoms. The summed E-state index contributed by atoms with van der Waals surface area (Å²) in [6.45, 7) is -0.488. The Labute approximate surface area is 199 Å². The topological polar surface area (TPSA) is 133 Å². The SMILES string of the molecule is O=c1[nH]c(-c2cn([C@@H]3[C@@H](O)[C@@H](Sc4cc(Br)c(F)c(Br)c4)O[C@H](CO)[C@@H]3O)nn2)cs1. The maximum Gasteiger partial charge on any atom is 0.304 e. The predicted octanol–water partition coefficient (Wildman–Crippen LogP) is 2.13. The summed E-state index contributed by atoms with van der Waals surface area (Å²) in [7, 11) is 0. The maximum absolute atomic E-state index is 13.9. The van der Waals surface area contributed by atoms with E-state index in [0.717, 1.165) is 23.1 Å². The van der Waals surface area contributed by atoms with E-state index < -0.39 is 42.2 Å². The second kappa shape index (κ2) is 9.39. The molecule has 5 atom stereocenters. The van der Waals surface area contributed by atoms with Gasteiger partial charge in [0.2, 0.25) is 0 Å². The molecular formula is C17H15Br2FN4O5S2. The van der Waals surface area contributed by atoms with Gasteiger partial charge in [-0.3, -0.25) is 4.79 Å². The van der Waals surface area contributed by atoms with Crippen LogP contribution in [0, 0.1) is 5.82 Å². The number of thioether (sulfide) groups is 1. The highest BCUT2D eigenvalue weighted by Gasteiger charge is 2.46. The van der Waals surface area contributed by atoms with E-state index >= 15 is 0 Å². The largest absolute Gasteiger partial charge is 0.394 e. The molecule has 1 aliphatic heterocycles. The van der Waals surface area contributed by atoms with Gasteiger partial charge in [0.25, 0.3) is 0 Å². The van der Waals surface area contributed by atoms with Gasteiger partial charge in [-0.25, -0.2) is 9.07 Å². The quantitative estimate of drug-likeness (QED) is 0.329. The number of aromatic amines is 1. The van der Waals surface area contributed by atoms with Crippen LogP contribution in [0.1, 0.15) is 6.04 Å². The van der Waals surface area contributed by atoms with Crippen LogP contribution >= 0.6 is 55.0 Å². The predicted molar refractivity (Wildman–Crippen MR) is 118 cm³/mol. The Bertz CT molecular complexity index is 1120. The third kappa shape index (κ3) is 4.66. The van der Waals surface area contributed by atoms with Gasteiger partial charge < -0.3 is 25.0 Å². The van der Waals surface area contributed by atoms with Crippen molar-refractivity contribution in [2.24, 2.45) is 0 Å². The summed E-state index contributed by atoms with van der Waals surface area (Å²) in [5.41, 5.74) is -0.0771. The van der Waals surface area contributed by atoms with Crippen LogP contribution in [-0.4, -0.2) is 65.7 Å². The molecule has 0 aliphatic carbocycles. The molecule has 3 heterocycles. The second-order valence-corrected chi connectivity index (χ2v) is 10.4. The molecule has 4 N–H and O–H groups in total. The molecule has 4 rings (SSSR count). The minimum Gasteiger partial charge on any atom is -0.394 e. The monoisotopic (exact) mass is 596 g/mol. The van der Waals surface area contributed by atoms with Crippen molar-refractivity contribution in [3.05, 3.63) is 48.1 Å². The Hall–Kier alpha value is -1.13. The molecule has 0 spiro atoms. The highest BCUT2D eigenvalue weighted by Crippen LogP contribution is 2.40. The number of thiazole rings is 1. The van der Waals surface area contributed by atoms with Gasteiger partial charge in [0.1, 0.15) is 35.5 Å². The lowest BCUT2D eigenvalue weighted by Crippen LogP contribution is -2.55. The molecule has 1 aromatic carbocycles. The summed E-state index contributed by atoms with van der Waals surface area (Å²) in [6.07, 6.45) is -2.03. The third-order valence-electron chi connectivity index (χ3n) is 4.67. The molecule has 31 heavy (non-hydrogen) atoms. The first kappa shape index (κ1) is 23.0. The van der Waals surface area contributed by atoms with Gasteiger partial charge in [0.05, 0.1) is 27.4 Å². The number of H-pyrrole nitrogens is 1. The van der Waals surface area contributed by atoms with Gasteiger partial charge in [-0.2, -0.15) is 0 Å². The first-order chi connectivity index (χ1) is 14.8.